The molecule has 1 aliphatic carbocycles. The Hall–Kier alpha value is -0.860. The summed E-state index contributed by atoms with van der Waals surface area (Å²) in [5.41, 5.74) is 8.23. The fourth-order valence-corrected chi connectivity index (χ4v) is 3.40. The fourth-order valence-electron chi connectivity index (χ4n) is 3.40. The molecule has 1 aromatic rings. The maximum Gasteiger partial charge on any atom is 0.0198 e. The van der Waals surface area contributed by atoms with E-state index in [1.54, 1.807) is 0 Å². The predicted molar refractivity (Wildman–Crippen MR) is 93.5 cm³/mol. The number of nitrogens with two attached hydrogens (primary N) is 1. The first-order chi connectivity index (χ1) is 10.1. The highest BCUT2D eigenvalue weighted by molar-refractivity contribution is 5.15. The molecular weight excluding hydrogens is 256 g/mol. The second-order valence-corrected chi connectivity index (χ2v) is 6.42. The summed E-state index contributed by atoms with van der Waals surface area (Å²) in [6.07, 6.45) is 7.37. The van der Waals surface area contributed by atoms with E-state index in [4.69, 9.17) is 5.73 Å². The lowest BCUT2D eigenvalue weighted by atomic mass is 9.70. The van der Waals surface area contributed by atoms with Crippen molar-refractivity contribution in [3.63, 3.8) is 0 Å². The molecule has 0 radical (unpaired) electrons. The van der Waals surface area contributed by atoms with Crippen LogP contribution in [0.2, 0.25) is 0 Å². The van der Waals surface area contributed by atoms with Gasteiger partial charge in [-0.15, -0.1) is 0 Å². The van der Waals surface area contributed by atoms with Crippen LogP contribution in [0.1, 0.15) is 51.5 Å². The second kappa shape index (κ2) is 9.22. The van der Waals surface area contributed by atoms with E-state index in [2.05, 4.69) is 49.3 Å². The van der Waals surface area contributed by atoms with Crippen molar-refractivity contribution < 1.29 is 0 Å². The molecule has 0 amide bonds. The number of hydrogen-bond donors (Lipinski definition) is 1. The molecule has 2 N–H and O–H groups in total. The van der Waals surface area contributed by atoms with Gasteiger partial charge in [0.25, 0.3) is 0 Å². The molecule has 1 aliphatic rings. The minimum absolute atomic E-state index is 0.0400. The van der Waals surface area contributed by atoms with Crippen LogP contribution in [-0.2, 0) is 6.42 Å². The zero-order valence-corrected chi connectivity index (χ0v) is 14.4. The number of benzene rings is 1. The molecule has 2 rings (SSSR count). The SMILES string of the molecule is CC.CN(C)CC1CCCC[C@]1(N)CCc1ccccc1. The average Bonchev–Trinajstić information content (AvgIpc) is 2.51. The van der Waals surface area contributed by atoms with Crippen molar-refractivity contribution in [2.75, 3.05) is 20.6 Å². The Balaban J connectivity index is 0.00000106. The van der Waals surface area contributed by atoms with Crippen molar-refractivity contribution >= 4 is 0 Å². The molecular formula is C19H34N2. The van der Waals surface area contributed by atoms with Crippen molar-refractivity contribution in [1.29, 1.82) is 0 Å². The van der Waals surface area contributed by atoms with Crippen LogP contribution in [0.4, 0.5) is 0 Å². The zero-order chi connectivity index (χ0) is 15.7. The van der Waals surface area contributed by atoms with Gasteiger partial charge in [0.1, 0.15) is 0 Å². The first-order valence-corrected chi connectivity index (χ1v) is 8.58. The molecule has 1 unspecified atom stereocenters. The normalized spacial score (nSPS) is 25.3. The van der Waals surface area contributed by atoms with E-state index in [0.717, 1.165) is 19.4 Å². The molecule has 0 saturated heterocycles. The van der Waals surface area contributed by atoms with Crippen molar-refractivity contribution in [3.8, 4) is 0 Å². The first kappa shape index (κ1) is 18.2. The quantitative estimate of drug-likeness (QED) is 0.885. The summed E-state index contributed by atoms with van der Waals surface area (Å²) in [5.74, 6) is 0.653. The lowest BCUT2D eigenvalue weighted by Crippen LogP contribution is -2.52. The third kappa shape index (κ3) is 5.80. The van der Waals surface area contributed by atoms with Crippen LogP contribution in [0.5, 0.6) is 0 Å². The minimum Gasteiger partial charge on any atom is -0.325 e. The van der Waals surface area contributed by atoms with Crippen LogP contribution in [-0.4, -0.2) is 31.1 Å². The van der Waals surface area contributed by atoms with Crippen molar-refractivity contribution in [1.82, 2.24) is 4.90 Å². The summed E-state index contributed by atoms with van der Waals surface area (Å²) in [7, 11) is 4.32. The minimum atomic E-state index is 0.0400. The summed E-state index contributed by atoms with van der Waals surface area (Å²) in [6, 6.07) is 10.8. The first-order valence-electron chi connectivity index (χ1n) is 8.58. The number of aryl methyl sites for hydroxylation is 1. The van der Waals surface area contributed by atoms with Crippen LogP contribution in [0, 0.1) is 5.92 Å². The maximum atomic E-state index is 6.77. The fraction of sp³-hybridized carbons (Fsp3) is 0.684. The Morgan fingerprint density at radius 1 is 1.14 bits per heavy atom. The van der Waals surface area contributed by atoms with Gasteiger partial charge in [-0.3, -0.25) is 0 Å². The van der Waals surface area contributed by atoms with Crippen molar-refractivity contribution in [3.05, 3.63) is 35.9 Å². The van der Waals surface area contributed by atoms with Gasteiger partial charge in [-0.2, -0.15) is 0 Å². The average molecular weight is 290 g/mol. The van der Waals surface area contributed by atoms with Crippen molar-refractivity contribution in [2.24, 2.45) is 11.7 Å². The summed E-state index contributed by atoms with van der Waals surface area (Å²) < 4.78 is 0. The van der Waals surface area contributed by atoms with Crippen LogP contribution in [0.25, 0.3) is 0 Å². The van der Waals surface area contributed by atoms with E-state index in [1.807, 2.05) is 13.8 Å². The molecule has 1 fully saturated rings. The van der Waals surface area contributed by atoms with Crippen LogP contribution in [0.15, 0.2) is 30.3 Å². The van der Waals surface area contributed by atoms with Gasteiger partial charge in [-0.05, 0) is 51.3 Å². The predicted octanol–water partition coefficient (Wildman–Crippen LogP) is 4.09. The largest absolute Gasteiger partial charge is 0.325 e. The van der Waals surface area contributed by atoms with Gasteiger partial charge >= 0.3 is 0 Å². The number of hydrogen-bond acceptors (Lipinski definition) is 2. The highest BCUT2D eigenvalue weighted by Gasteiger charge is 2.36. The highest BCUT2D eigenvalue weighted by Crippen LogP contribution is 2.35. The molecule has 0 bridgehead atoms. The van der Waals surface area contributed by atoms with E-state index < -0.39 is 0 Å². The van der Waals surface area contributed by atoms with E-state index in [-0.39, 0.29) is 5.54 Å². The number of nitrogens with zero attached hydrogens (tertiary/aromatic N) is 1. The third-order valence-electron chi connectivity index (χ3n) is 4.57. The zero-order valence-electron chi connectivity index (χ0n) is 14.4. The maximum absolute atomic E-state index is 6.77. The van der Waals surface area contributed by atoms with Gasteiger partial charge in [0.2, 0.25) is 0 Å². The Labute approximate surface area is 131 Å². The van der Waals surface area contributed by atoms with Crippen LogP contribution < -0.4 is 5.73 Å². The van der Waals surface area contributed by atoms with Gasteiger partial charge in [0, 0.05) is 12.1 Å². The van der Waals surface area contributed by atoms with E-state index >= 15 is 0 Å². The topological polar surface area (TPSA) is 29.3 Å². The van der Waals surface area contributed by atoms with Gasteiger partial charge in [-0.1, -0.05) is 57.0 Å². The molecule has 0 heterocycles. The number of rotatable bonds is 5. The Kier molecular flexibility index (Phi) is 7.98. The van der Waals surface area contributed by atoms with Crippen LogP contribution in [0.3, 0.4) is 0 Å². The van der Waals surface area contributed by atoms with Crippen LogP contribution >= 0.6 is 0 Å². The monoisotopic (exact) mass is 290 g/mol. The third-order valence-corrected chi connectivity index (χ3v) is 4.57. The Morgan fingerprint density at radius 2 is 1.81 bits per heavy atom. The molecule has 2 heteroatoms. The molecule has 2 atom stereocenters. The molecule has 120 valence electrons. The molecule has 0 aliphatic heterocycles. The van der Waals surface area contributed by atoms with Crippen molar-refractivity contribution in [2.45, 2.75) is 57.9 Å². The summed E-state index contributed by atoms with van der Waals surface area (Å²) in [6.45, 7) is 5.13. The van der Waals surface area contributed by atoms with E-state index in [0.29, 0.717) is 5.92 Å². The second-order valence-electron chi connectivity index (χ2n) is 6.42. The van der Waals surface area contributed by atoms with Gasteiger partial charge in [0.05, 0.1) is 0 Å². The lowest BCUT2D eigenvalue weighted by Gasteiger charge is -2.43. The summed E-state index contributed by atoms with van der Waals surface area (Å²) in [4.78, 5) is 2.29. The summed E-state index contributed by atoms with van der Waals surface area (Å²) in [5, 5.41) is 0. The standard InChI is InChI=1S/C17H28N2.C2H6/c1-19(2)14-16-10-6-7-12-17(16,18)13-11-15-8-4-3-5-9-15;1-2/h3-5,8-9,16H,6-7,10-14,18H2,1-2H3;1-2H3/t16?,17-;/m0./s1. The Bertz CT molecular complexity index is 374. The lowest BCUT2D eigenvalue weighted by molar-refractivity contribution is 0.141. The van der Waals surface area contributed by atoms with E-state index in [1.165, 1.54) is 31.2 Å². The Morgan fingerprint density at radius 3 is 2.43 bits per heavy atom. The molecule has 2 nitrogen and oxygen atoms in total. The van der Waals surface area contributed by atoms with E-state index in [9.17, 15) is 0 Å². The smallest absolute Gasteiger partial charge is 0.0198 e. The molecule has 0 spiro atoms. The molecule has 1 saturated carbocycles. The molecule has 0 aromatic heterocycles. The highest BCUT2D eigenvalue weighted by atomic mass is 15.1. The van der Waals surface area contributed by atoms with Gasteiger partial charge < -0.3 is 10.6 Å². The summed E-state index contributed by atoms with van der Waals surface area (Å²) >= 11 is 0. The molecule has 1 aromatic carbocycles. The van der Waals surface area contributed by atoms with Gasteiger partial charge in [0.15, 0.2) is 0 Å². The molecule has 21 heavy (non-hydrogen) atoms. The van der Waals surface area contributed by atoms with Gasteiger partial charge in [-0.25, -0.2) is 0 Å².